The fraction of sp³-hybridized carbons (Fsp3) is 0.750. The summed E-state index contributed by atoms with van der Waals surface area (Å²) in [6.07, 6.45) is 5.40. The SMILES string of the molecule is CCN(CC)C1(C(NC)c2csc(C)c2)CCCC1. The van der Waals surface area contributed by atoms with Gasteiger partial charge in [0.25, 0.3) is 0 Å². The zero-order chi connectivity index (χ0) is 13.9. The van der Waals surface area contributed by atoms with Gasteiger partial charge >= 0.3 is 0 Å². The summed E-state index contributed by atoms with van der Waals surface area (Å²) in [4.78, 5) is 4.11. The van der Waals surface area contributed by atoms with Crippen LogP contribution in [0.25, 0.3) is 0 Å². The molecule has 1 aromatic heterocycles. The molecule has 3 heteroatoms. The van der Waals surface area contributed by atoms with Gasteiger partial charge in [-0.15, -0.1) is 11.3 Å². The van der Waals surface area contributed by atoms with E-state index in [4.69, 9.17) is 0 Å². The van der Waals surface area contributed by atoms with Crippen LogP contribution in [0.1, 0.15) is 56.0 Å². The quantitative estimate of drug-likeness (QED) is 0.848. The van der Waals surface area contributed by atoms with Gasteiger partial charge in [0.15, 0.2) is 0 Å². The summed E-state index contributed by atoms with van der Waals surface area (Å²) in [7, 11) is 2.13. The molecule has 0 spiro atoms. The van der Waals surface area contributed by atoms with Crippen LogP contribution in [0.5, 0.6) is 0 Å². The van der Waals surface area contributed by atoms with Crippen molar-refractivity contribution in [1.29, 1.82) is 0 Å². The molecule has 1 fully saturated rings. The first kappa shape index (κ1) is 15.0. The van der Waals surface area contributed by atoms with E-state index in [1.807, 2.05) is 11.3 Å². The minimum atomic E-state index is 0.325. The van der Waals surface area contributed by atoms with Crippen molar-refractivity contribution >= 4 is 11.3 Å². The molecule has 19 heavy (non-hydrogen) atoms. The number of hydrogen-bond acceptors (Lipinski definition) is 3. The zero-order valence-electron chi connectivity index (χ0n) is 12.8. The smallest absolute Gasteiger partial charge is 0.0513 e. The Hall–Kier alpha value is -0.380. The van der Waals surface area contributed by atoms with Crippen LogP contribution in [-0.2, 0) is 0 Å². The number of aryl methyl sites for hydroxylation is 1. The Kier molecular flexibility index (Phi) is 5.04. The Labute approximate surface area is 122 Å². The highest BCUT2D eigenvalue weighted by atomic mass is 32.1. The normalized spacial score (nSPS) is 20.1. The van der Waals surface area contributed by atoms with Crippen LogP contribution in [0.3, 0.4) is 0 Å². The van der Waals surface area contributed by atoms with Gasteiger partial charge in [-0.25, -0.2) is 0 Å². The summed E-state index contributed by atoms with van der Waals surface area (Å²) >= 11 is 1.87. The van der Waals surface area contributed by atoms with E-state index in [-0.39, 0.29) is 0 Å². The lowest BCUT2D eigenvalue weighted by molar-refractivity contribution is 0.0657. The summed E-state index contributed by atoms with van der Waals surface area (Å²) in [6, 6.07) is 2.84. The van der Waals surface area contributed by atoms with Crippen molar-refractivity contribution in [3.8, 4) is 0 Å². The van der Waals surface area contributed by atoms with Crippen LogP contribution in [0.4, 0.5) is 0 Å². The van der Waals surface area contributed by atoms with Crippen LogP contribution in [0.15, 0.2) is 11.4 Å². The van der Waals surface area contributed by atoms with Crippen LogP contribution < -0.4 is 5.32 Å². The molecule has 1 N–H and O–H groups in total. The Bertz CT molecular complexity index is 389. The van der Waals surface area contributed by atoms with E-state index in [0.717, 1.165) is 13.1 Å². The maximum Gasteiger partial charge on any atom is 0.0513 e. The Balaban J connectivity index is 2.35. The molecule has 1 heterocycles. The maximum atomic E-state index is 3.63. The highest BCUT2D eigenvalue weighted by Crippen LogP contribution is 2.45. The van der Waals surface area contributed by atoms with Crippen molar-refractivity contribution < 1.29 is 0 Å². The second-order valence-corrected chi connectivity index (χ2v) is 6.81. The highest BCUT2D eigenvalue weighted by molar-refractivity contribution is 7.10. The van der Waals surface area contributed by atoms with Crippen LogP contribution in [0.2, 0.25) is 0 Å². The number of nitrogens with one attached hydrogen (secondary N) is 1. The molecule has 0 saturated heterocycles. The van der Waals surface area contributed by atoms with E-state index in [0.29, 0.717) is 11.6 Å². The molecular weight excluding hydrogens is 252 g/mol. The minimum Gasteiger partial charge on any atom is -0.311 e. The largest absolute Gasteiger partial charge is 0.311 e. The third kappa shape index (κ3) is 2.74. The molecule has 1 saturated carbocycles. The van der Waals surface area contributed by atoms with Gasteiger partial charge in [-0.1, -0.05) is 26.7 Å². The third-order valence-corrected chi connectivity index (χ3v) is 5.65. The molecule has 0 bridgehead atoms. The van der Waals surface area contributed by atoms with E-state index in [1.54, 1.807) is 0 Å². The zero-order valence-corrected chi connectivity index (χ0v) is 13.6. The summed E-state index contributed by atoms with van der Waals surface area (Å²) in [5, 5.41) is 5.98. The van der Waals surface area contributed by atoms with Crippen molar-refractivity contribution in [1.82, 2.24) is 10.2 Å². The van der Waals surface area contributed by atoms with E-state index in [1.165, 1.54) is 36.1 Å². The van der Waals surface area contributed by atoms with Gasteiger partial charge in [-0.05, 0) is 56.9 Å². The molecule has 2 rings (SSSR count). The van der Waals surface area contributed by atoms with Crippen LogP contribution in [-0.4, -0.2) is 30.6 Å². The Morgan fingerprint density at radius 3 is 2.37 bits per heavy atom. The van der Waals surface area contributed by atoms with Gasteiger partial charge in [0.2, 0.25) is 0 Å². The van der Waals surface area contributed by atoms with E-state index < -0.39 is 0 Å². The van der Waals surface area contributed by atoms with E-state index >= 15 is 0 Å². The molecule has 0 amide bonds. The van der Waals surface area contributed by atoms with Gasteiger partial charge in [-0.2, -0.15) is 0 Å². The first-order valence-electron chi connectivity index (χ1n) is 7.65. The fourth-order valence-corrected chi connectivity index (χ4v) is 4.72. The third-order valence-electron chi connectivity index (χ3n) is 4.77. The van der Waals surface area contributed by atoms with Crippen LogP contribution >= 0.6 is 11.3 Å². The van der Waals surface area contributed by atoms with Crippen molar-refractivity contribution in [2.75, 3.05) is 20.1 Å². The first-order chi connectivity index (χ1) is 9.17. The van der Waals surface area contributed by atoms with E-state index in [9.17, 15) is 0 Å². The predicted octanol–water partition coefficient (Wildman–Crippen LogP) is 3.97. The Morgan fingerprint density at radius 1 is 1.32 bits per heavy atom. The van der Waals surface area contributed by atoms with Crippen molar-refractivity contribution in [3.63, 3.8) is 0 Å². The molecule has 2 nitrogen and oxygen atoms in total. The molecule has 1 aliphatic rings. The molecule has 1 atom stereocenters. The standard InChI is InChI=1S/C16H28N2S/c1-5-18(6-2)16(9-7-8-10-16)15(17-4)14-11-13(3)19-12-14/h11-12,15,17H,5-10H2,1-4H3. The number of rotatable bonds is 6. The topological polar surface area (TPSA) is 15.3 Å². The molecule has 0 aliphatic heterocycles. The average molecular weight is 280 g/mol. The fourth-order valence-electron chi connectivity index (χ4n) is 3.99. The maximum absolute atomic E-state index is 3.63. The number of likely N-dealkylation sites (N-methyl/N-ethyl adjacent to an activating group) is 2. The van der Waals surface area contributed by atoms with Gasteiger partial charge in [0.1, 0.15) is 0 Å². The minimum absolute atomic E-state index is 0.325. The molecule has 1 aliphatic carbocycles. The van der Waals surface area contributed by atoms with E-state index in [2.05, 4.69) is 49.5 Å². The summed E-state index contributed by atoms with van der Waals surface area (Å²) < 4.78 is 0. The highest BCUT2D eigenvalue weighted by Gasteiger charge is 2.45. The molecule has 1 unspecified atom stereocenters. The molecule has 108 valence electrons. The van der Waals surface area contributed by atoms with Gasteiger partial charge in [-0.3, -0.25) is 4.90 Å². The van der Waals surface area contributed by atoms with Crippen molar-refractivity contribution in [2.24, 2.45) is 0 Å². The average Bonchev–Trinajstić information content (AvgIpc) is 3.03. The summed E-state index contributed by atoms with van der Waals surface area (Å²) in [5.41, 5.74) is 1.81. The lowest BCUT2D eigenvalue weighted by Crippen LogP contribution is -2.54. The molecule has 0 aromatic carbocycles. The first-order valence-corrected chi connectivity index (χ1v) is 8.53. The summed E-state index contributed by atoms with van der Waals surface area (Å²) in [5.74, 6) is 0. The van der Waals surface area contributed by atoms with Crippen LogP contribution in [0, 0.1) is 6.92 Å². The predicted molar refractivity (Wildman–Crippen MR) is 85.0 cm³/mol. The second kappa shape index (κ2) is 6.38. The second-order valence-electron chi connectivity index (χ2n) is 5.70. The Morgan fingerprint density at radius 2 is 1.95 bits per heavy atom. The molecular formula is C16H28N2S. The lowest BCUT2D eigenvalue weighted by Gasteiger charge is -2.46. The monoisotopic (exact) mass is 280 g/mol. The van der Waals surface area contributed by atoms with Gasteiger partial charge < -0.3 is 5.32 Å². The molecule has 0 radical (unpaired) electrons. The molecule has 1 aromatic rings. The lowest BCUT2D eigenvalue weighted by atomic mass is 9.82. The van der Waals surface area contributed by atoms with Gasteiger partial charge in [0, 0.05) is 10.4 Å². The summed E-state index contributed by atoms with van der Waals surface area (Å²) in [6.45, 7) is 9.11. The van der Waals surface area contributed by atoms with Gasteiger partial charge in [0.05, 0.1) is 6.04 Å². The number of thiophene rings is 1. The van der Waals surface area contributed by atoms with Crippen molar-refractivity contribution in [3.05, 3.63) is 21.9 Å². The van der Waals surface area contributed by atoms with Crippen molar-refractivity contribution in [2.45, 2.75) is 58.0 Å². The number of hydrogen-bond donors (Lipinski definition) is 1. The number of nitrogens with zero attached hydrogens (tertiary/aromatic N) is 1.